The maximum absolute atomic E-state index is 6.14. The van der Waals surface area contributed by atoms with Gasteiger partial charge in [-0.15, -0.1) is 0 Å². The zero-order chi connectivity index (χ0) is 13.9. The van der Waals surface area contributed by atoms with E-state index in [1.165, 1.54) is 0 Å². The number of aromatic nitrogens is 2. The molecule has 0 saturated carbocycles. The van der Waals surface area contributed by atoms with Crippen molar-refractivity contribution in [2.24, 2.45) is 0 Å². The summed E-state index contributed by atoms with van der Waals surface area (Å²) in [5.41, 5.74) is 8.69. The molecular weight excluding hydrogens is 290 g/mol. The topological polar surface area (TPSA) is 51.8 Å². The van der Waals surface area contributed by atoms with E-state index >= 15 is 0 Å². The molecular formula is C15H12ClN3S. The first-order valence-electron chi connectivity index (χ1n) is 6.12. The molecule has 0 aliphatic rings. The maximum atomic E-state index is 6.14. The highest BCUT2D eigenvalue weighted by atomic mass is 35.5. The van der Waals surface area contributed by atoms with Crippen LogP contribution in [0.4, 0.5) is 5.82 Å². The molecule has 0 fully saturated rings. The van der Waals surface area contributed by atoms with Crippen LogP contribution >= 0.6 is 23.4 Å². The summed E-state index contributed by atoms with van der Waals surface area (Å²) in [6.45, 7) is 0. The van der Waals surface area contributed by atoms with Gasteiger partial charge in [-0.25, -0.2) is 9.97 Å². The van der Waals surface area contributed by atoms with Gasteiger partial charge in [-0.1, -0.05) is 53.7 Å². The van der Waals surface area contributed by atoms with Gasteiger partial charge in [-0.2, -0.15) is 0 Å². The fraction of sp³-hybridized carbons (Fsp3) is 0.0667. The molecule has 0 bridgehead atoms. The Bertz CT molecular complexity index is 761. The van der Waals surface area contributed by atoms with Gasteiger partial charge in [0.1, 0.15) is 5.03 Å². The van der Waals surface area contributed by atoms with Crippen LogP contribution in [0.1, 0.15) is 5.56 Å². The number of hydrogen-bond donors (Lipinski definition) is 1. The van der Waals surface area contributed by atoms with Crippen LogP contribution in [0, 0.1) is 0 Å². The number of thioether (sulfide) groups is 1. The van der Waals surface area contributed by atoms with E-state index in [1.54, 1.807) is 11.8 Å². The van der Waals surface area contributed by atoms with Crippen LogP contribution in [0.3, 0.4) is 0 Å². The number of para-hydroxylation sites is 2. The van der Waals surface area contributed by atoms with Gasteiger partial charge in [0, 0.05) is 10.8 Å². The molecule has 0 saturated heterocycles. The Morgan fingerprint density at radius 1 is 0.950 bits per heavy atom. The zero-order valence-corrected chi connectivity index (χ0v) is 12.2. The second-order valence-electron chi connectivity index (χ2n) is 4.28. The predicted octanol–water partition coefficient (Wildman–Crippen LogP) is 4.16. The number of hydrogen-bond acceptors (Lipinski definition) is 4. The lowest BCUT2D eigenvalue weighted by atomic mass is 10.2. The SMILES string of the molecule is Nc1nc2ccccc2nc1SCc1ccccc1Cl. The number of rotatable bonds is 3. The lowest BCUT2D eigenvalue weighted by molar-refractivity contribution is 1.13. The second-order valence-corrected chi connectivity index (χ2v) is 5.65. The van der Waals surface area contributed by atoms with Crippen LogP contribution in [-0.4, -0.2) is 9.97 Å². The maximum Gasteiger partial charge on any atom is 0.156 e. The second kappa shape index (κ2) is 5.69. The van der Waals surface area contributed by atoms with Crippen molar-refractivity contribution in [3.63, 3.8) is 0 Å². The van der Waals surface area contributed by atoms with E-state index in [1.807, 2.05) is 48.5 Å². The molecule has 0 radical (unpaired) electrons. The summed E-state index contributed by atoms with van der Waals surface area (Å²) >= 11 is 7.69. The first kappa shape index (κ1) is 13.2. The van der Waals surface area contributed by atoms with Gasteiger partial charge >= 0.3 is 0 Å². The van der Waals surface area contributed by atoms with Gasteiger partial charge in [0.2, 0.25) is 0 Å². The molecule has 0 spiro atoms. The Morgan fingerprint density at radius 3 is 2.35 bits per heavy atom. The van der Waals surface area contributed by atoms with Crippen LogP contribution < -0.4 is 5.73 Å². The molecule has 1 heterocycles. The van der Waals surface area contributed by atoms with Gasteiger partial charge in [-0.05, 0) is 23.8 Å². The molecule has 2 N–H and O–H groups in total. The minimum absolute atomic E-state index is 0.459. The lowest BCUT2D eigenvalue weighted by Gasteiger charge is -2.07. The Balaban J connectivity index is 1.87. The first-order valence-corrected chi connectivity index (χ1v) is 7.49. The summed E-state index contributed by atoms with van der Waals surface area (Å²) < 4.78 is 0. The normalized spacial score (nSPS) is 10.8. The van der Waals surface area contributed by atoms with E-state index in [4.69, 9.17) is 17.3 Å². The summed E-state index contributed by atoms with van der Waals surface area (Å²) in [5.74, 6) is 1.18. The van der Waals surface area contributed by atoms with E-state index in [9.17, 15) is 0 Å². The quantitative estimate of drug-likeness (QED) is 0.738. The molecule has 0 aliphatic heterocycles. The number of nitrogens with two attached hydrogens (primary N) is 1. The summed E-state index contributed by atoms with van der Waals surface area (Å²) in [7, 11) is 0. The molecule has 0 amide bonds. The van der Waals surface area contributed by atoms with Crippen molar-refractivity contribution in [3.8, 4) is 0 Å². The Hall–Kier alpha value is -1.78. The van der Waals surface area contributed by atoms with E-state index in [2.05, 4.69) is 9.97 Å². The van der Waals surface area contributed by atoms with Crippen LogP contribution in [0.2, 0.25) is 5.02 Å². The number of benzene rings is 2. The van der Waals surface area contributed by atoms with Gasteiger partial charge < -0.3 is 5.73 Å². The highest BCUT2D eigenvalue weighted by molar-refractivity contribution is 7.98. The summed E-state index contributed by atoms with van der Waals surface area (Å²) in [5, 5.41) is 1.50. The molecule has 3 nitrogen and oxygen atoms in total. The van der Waals surface area contributed by atoms with Crippen molar-refractivity contribution in [3.05, 3.63) is 59.1 Å². The molecule has 0 unspecified atom stereocenters. The summed E-state index contributed by atoms with van der Waals surface area (Å²) in [6.07, 6.45) is 0. The van der Waals surface area contributed by atoms with Gasteiger partial charge in [0.05, 0.1) is 11.0 Å². The van der Waals surface area contributed by atoms with Gasteiger partial charge in [0.25, 0.3) is 0 Å². The number of halogens is 1. The Morgan fingerprint density at radius 2 is 1.60 bits per heavy atom. The fourth-order valence-corrected chi connectivity index (χ4v) is 3.05. The third-order valence-electron chi connectivity index (χ3n) is 2.89. The van der Waals surface area contributed by atoms with Gasteiger partial charge in [-0.3, -0.25) is 0 Å². The van der Waals surface area contributed by atoms with Crippen molar-refractivity contribution < 1.29 is 0 Å². The lowest BCUT2D eigenvalue weighted by Crippen LogP contribution is -1.97. The number of nitrogens with zero attached hydrogens (tertiary/aromatic N) is 2. The summed E-state index contributed by atoms with van der Waals surface area (Å²) in [6, 6.07) is 15.5. The monoisotopic (exact) mass is 301 g/mol. The molecule has 5 heteroatoms. The Labute approximate surface area is 126 Å². The standard InChI is InChI=1S/C15H12ClN3S/c16-11-6-2-1-5-10(11)9-20-15-14(17)18-12-7-3-4-8-13(12)19-15/h1-8H,9H2,(H2,17,18). The van der Waals surface area contributed by atoms with Crippen molar-refractivity contribution in [2.45, 2.75) is 10.8 Å². The Kier molecular flexibility index (Phi) is 3.76. The van der Waals surface area contributed by atoms with Gasteiger partial charge in [0.15, 0.2) is 5.82 Å². The third-order valence-corrected chi connectivity index (χ3v) is 4.28. The van der Waals surface area contributed by atoms with E-state index in [0.29, 0.717) is 5.82 Å². The minimum atomic E-state index is 0.459. The van der Waals surface area contributed by atoms with Crippen molar-refractivity contribution in [2.75, 3.05) is 5.73 Å². The van der Waals surface area contributed by atoms with Crippen LogP contribution in [0.5, 0.6) is 0 Å². The van der Waals surface area contributed by atoms with Crippen LogP contribution in [0.25, 0.3) is 11.0 Å². The molecule has 3 aromatic rings. The molecule has 3 rings (SSSR count). The van der Waals surface area contributed by atoms with E-state index in [-0.39, 0.29) is 0 Å². The highest BCUT2D eigenvalue weighted by Gasteiger charge is 2.08. The smallest absolute Gasteiger partial charge is 0.156 e. The highest BCUT2D eigenvalue weighted by Crippen LogP contribution is 2.29. The molecule has 0 aliphatic carbocycles. The number of anilines is 1. The molecule has 2 aromatic carbocycles. The van der Waals surface area contributed by atoms with Crippen LogP contribution in [-0.2, 0) is 5.75 Å². The van der Waals surface area contributed by atoms with Crippen molar-refractivity contribution in [1.29, 1.82) is 0 Å². The van der Waals surface area contributed by atoms with Crippen molar-refractivity contribution >= 4 is 40.2 Å². The van der Waals surface area contributed by atoms with Crippen molar-refractivity contribution in [1.82, 2.24) is 9.97 Å². The minimum Gasteiger partial charge on any atom is -0.381 e. The molecule has 20 heavy (non-hydrogen) atoms. The number of fused-ring (bicyclic) bond motifs is 1. The average molecular weight is 302 g/mol. The van der Waals surface area contributed by atoms with E-state index < -0.39 is 0 Å². The molecule has 1 aromatic heterocycles. The third kappa shape index (κ3) is 2.71. The molecule has 0 atom stereocenters. The first-order chi connectivity index (χ1) is 9.74. The fourth-order valence-electron chi connectivity index (χ4n) is 1.87. The van der Waals surface area contributed by atoms with Crippen LogP contribution in [0.15, 0.2) is 53.6 Å². The molecule has 100 valence electrons. The zero-order valence-electron chi connectivity index (χ0n) is 10.6. The largest absolute Gasteiger partial charge is 0.381 e. The number of nitrogen functional groups attached to an aromatic ring is 1. The van der Waals surface area contributed by atoms with E-state index in [0.717, 1.165) is 32.4 Å². The average Bonchev–Trinajstić information content (AvgIpc) is 2.46. The predicted molar refractivity (Wildman–Crippen MR) is 85.0 cm³/mol. The summed E-state index contributed by atoms with van der Waals surface area (Å²) in [4.78, 5) is 8.92.